The average Bonchev–Trinajstić information content (AvgIpc) is 2.61. The standard InChI is InChI=1S/C12H12ClN3O4/c1-3-20-6(17)4-16-11(18)7-8(12(16)19)10(13)15-5(2)9(7)14/h3-4,14H2,1-2H3. The Balaban J connectivity index is 2.43. The molecule has 1 aromatic heterocycles. The molecular weight excluding hydrogens is 286 g/mol. The van der Waals surface area contributed by atoms with Gasteiger partial charge in [-0.25, -0.2) is 4.98 Å². The number of nitrogen functional groups attached to an aromatic ring is 1. The highest BCUT2D eigenvalue weighted by Crippen LogP contribution is 2.33. The number of esters is 1. The van der Waals surface area contributed by atoms with Crippen molar-refractivity contribution < 1.29 is 19.1 Å². The zero-order valence-corrected chi connectivity index (χ0v) is 11.7. The monoisotopic (exact) mass is 297 g/mol. The summed E-state index contributed by atoms with van der Waals surface area (Å²) in [6, 6.07) is 0. The van der Waals surface area contributed by atoms with Crippen LogP contribution in [0.15, 0.2) is 0 Å². The minimum atomic E-state index is -0.692. The maximum Gasteiger partial charge on any atom is 0.326 e. The number of hydrogen-bond donors (Lipinski definition) is 1. The molecule has 2 rings (SSSR count). The molecule has 20 heavy (non-hydrogen) atoms. The Hall–Kier alpha value is -2.15. The number of anilines is 1. The number of pyridine rings is 1. The van der Waals surface area contributed by atoms with Gasteiger partial charge in [-0.05, 0) is 13.8 Å². The Morgan fingerprint density at radius 3 is 2.55 bits per heavy atom. The van der Waals surface area contributed by atoms with Crippen LogP contribution in [-0.4, -0.2) is 40.8 Å². The Labute approximate surface area is 119 Å². The number of nitrogens with zero attached hydrogens (tertiary/aromatic N) is 2. The van der Waals surface area contributed by atoms with Crippen molar-refractivity contribution in [2.24, 2.45) is 0 Å². The second-order valence-corrected chi connectivity index (χ2v) is 4.51. The first kappa shape index (κ1) is 14.3. The van der Waals surface area contributed by atoms with Crippen LogP contribution in [0.25, 0.3) is 0 Å². The number of nitrogens with two attached hydrogens (primary N) is 1. The van der Waals surface area contributed by atoms with Crippen LogP contribution in [0.1, 0.15) is 33.3 Å². The summed E-state index contributed by atoms with van der Waals surface area (Å²) < 4.78 is 4.72. The number of amides is 2. The SMILES string of the molecule is CCOC(=O)CN1C(=O)c2c(Cl)nc(C)c(N)c2C1=O. The lowest BCUT2D eigenvalue weighted by molar-refractivity contribution is -0.143. The van der Waals surface area contributed by atoms with E-state index in [1.54, 1.807) is 13.8 Å². The molecule has 0 spiro atoms. The number of rotatable bonds is 3. The quantitative estimate of drug-likeness (QED) is 0.502. The van der Waals surface area contributed by atoms with Crippen molar-refractivity contribution in [2.75, 3.05) is 18.9 Å². The Bertz CT molecular complexity index is 630. The van der Waals surface area contributed by atoms with Crippen molar-refractivity contribution in [1.29, 1.82) is 0 Å². The van der Waals surface area contributed by atoms with Crippen LogP contribution in [0, 0.1) is 6.92 Å². The van der Waals surface area contributed by atoms with Gasteiger partial charge in [0.2, 0.25) is 0 Å². The molecule has 0 fully saturated rings. The molecule has 8 heteroatoms. The lowest BCUT2D eigenvalue weighted by Gasteiger charge is -2.12. The van der Waals surface area contributed by atoms with Crippen molar-refractivity contribution in [2.45, 2.75) is 13.8 Å². The molecule has 1 aromatic rings. The van der Waals surface area contributed by atoms with E-state index in [2.05, 4.69) is 4.98 Å². The number of halogens is 1. The van der Waals surface area contributed by atoms with Gasteiger partial charge in [0.05, 0.1) is 29.1 Å². The smallest absolute Gasteiger partial charge is 0.326 e. The molecule has 2 heterocycles. The van der Waals surface area contributed by atoms with Crippen molar-refractivity contribution >= 4 is 35.1 Å². The number of imide groups is 1. The third kappa shape index (κ3) is 2.09. The van der Waals surface area contributed by atoms with E-state index < -0.39 is 24.3 Å². The molecule has 7 nitrogen and oxygen atoms in total. The van der Waals surface area contributed by atoms with Crippen molar-refractivity contribution in [3.05, 3.63) is 22.0 Å². The van der Waals surface area contributed by atoms with Gasteiger partial charge in [-0.15, -0.1) is 0 Å². The number of ether oxygens (including phenoxy) is 1. The fourth-order valence-corrected chi connectivity index (χ4v) is 2.24. The number of aryl methyl sites for hydroxylation is 1. The summed E-state index contributed by atoms with van der Waals surface area (Å²) in [7, 11) is 0. The number of aromatic nitrogens is 1. The highest BCUT2D eigenvalue weighted by Gasteiger charge is 2.41. The van der Waals surface area contributed by atoms with Gasteiger partial charge in [0, 0.05) is 0 Å². The van der Waals surface area contributed by atoms with Crippen molar-refractivity contribution in [1.82, 2.24) is 9.88 Å². The van der Waals surface area contributed by atoms with E-state index in [1.807, 2.05) is 0 Å². The number of carbonyl (C=O) groups excluding carboxylic acids is 3. The van der Waals surface area contributed by atoms with Gasteiger partial charge in [0.15, 0.2) is 0 Å². The van der Waals surface area contributed by atoms with Gasteiger partial charge in [0.1, 0.15) is 11.7 Å². The van der Waals surface area contributed by atoms with Gasteiger partial charge in [-0.1, -0.05) is 11.6 Å². The fourth-order valence-electron chi connectivity index (χ4n) is 1.94. The Morgan fingerprint density at radius 2 is 1.95 bits per heavy atom. The fraction of sp³-hybridized carbons (Fsp3) is 0.333. The minimum Gasteiger partial charge on any atom is -0.465 e. The molecule has 0 bridgehead atoms. The van der Waals surface area contributed by atoms with Crippen LogP contribution >= 0.6 is 11.6 Å². The summed E-state index contributed by atoms with van der Waals surface area (Å²) in [6.07, 6.45) is 0. The first-order chi connectivity index (χ1) is 9.38. The van der Waals surface area contributed by atoms with Gasteiger partial charge in [-0.2, -0.15) is 0 Å². The second-order valence-electron chi connectivity index (χ2n) is 4.15. The van der Waals surface area contributed by atoms with Crippen molar-refractivity contribution in [3.63, 3.8) is 0 Å². The van der Waals surface area contributed by atoms with E-state index in [-0.39, 0.29) is 28.6 Å². The van der Waals surface area contributed by atoms with E-state index in [9.17, 15) is 14.4 Å². The van der Waals surface area contributed by atoms with E-state index in [4.69, 9.17) is 22.1 Å². The molecule has 106 valence electrons. The van der Waals surface area contributed by atoms with Crippen LogP contribution in [-0.2, 0) is 9.53 Å². The summed E-state index contributed by atoms with van der Waals surface area (Å²) in [5.41, 5.74) is 6.15. The molecule has 0 atom stereocenters. The summed E-state index contributed by atoms with van der Waals surface area (Å²) in [5.74, 6) is -2.04. The first-order valence-electron chi connectivity index (χ1n) is 5.85. The molecule has 0 radical (unpaired) electrons. The van der Waals surface area contributed by atoms with E-state index >= 15 is 0 Å². The van der Waals surface area contributed by atoms with Gasteiger partial charge in [0.25, 0.3) is 11.8 Å². The molecule has 1 aliphatic heterocycles. The predicted molar refractivity (Wildman–Crippen MR) is 70.4 cm³/mol. The summed E-state index contributed by atoms with van der Waals surface area (Å²) in [6.45, 7) is 2.89. The minimum absolute atomic E-state index is 0.00296. The molecule has 0 unspecified atom stereocenters. The number of carbonyl (C=O) groups is 3. The molecule has 1 aliphatic rings. The maximum absolute atomic E-state index is 12.2. The van der Waals surface area contributed by atoms with Crippen LogP contribution in [0.4, 0.5) is 5.69 Å². The Kier molecular flexibility index (Phi) is 3.63. The second kappa shape index (κ2) is 5.09. The molecule has 2 amide bonds. The average molecular weight is 298 g/mol. The molecule has 0 aromatic carbocycles. The van der Waals surface area contributed by atoms with Gasteiger partial charge >= 0.3 is 5.97 Å². The third-order valence-electron chi connectivity index (χ3n) is 2.89. The van der Waals surface area contributed by atoms with Gasteiger partial charge < -0.3 is 10.5 Å². The Morgan fingerprint density at radius 1 is 1.35 bits per heavy atom. The molecule has 2 N–H and O–H groups in total. The zero-order chi connectivity index (χ0) is 15.0. The predicted octanol–water partition coefficient (Wildman–Crippen LogP) is 0.785. The van der Waals surface area contributed by atoms with Crippen LogP contribution in [0.5, 0.6) is 0 Å². The van der Waals surface area contributed by atoms with E-state index in [0.717, 1.165) is 4.90 Å². The first-order valence-corrected chi connectivity index (χ1v) is 6.23. The third-order valence-corrected chi connectivity index (χ3v) is 3.17. The summed E-state index contributed by atoms with van der Waals surface area (Å²) in [4.78, 5) is 40.4. The van der Waals surface area contributed by atoms with Crippen LogP contribution < -0.4 is 5.73 Å². The van der Waals surface area contributed by atoms with Crippen LogP contribution in [0.2, 0.25) is 5.15 Å². The van der Waals surface area contributed by atoms with Crippen LogP contribution in [0.3, 0.4) is 0 Å². The molecular formula is C12H12ClN3O4. The lowest BCUT2D eigenvalue weighted by Crippen LogP contribution is -2.35. The van der Waals surface area contributed by atoms with Gasteiger partial charge in [-0.3, -0.25) is 19.3 Å². The number of hydrogen-bond acceptors (Lipinski definition) is 6. The summed E-state index contributed by atoms with van der Waals surface area (Å²) >= 11 is 5.89. The highest BCUT2D eigenvalue weighted by molar-refractivity contribution is 6.37. The number of fused-ring (bicyclic) bond motifs is 1. The zero-order valence-electron chi connectivity index (χ0n) is 10.9. The molecule has 0 saturated heterocycles. The largest absolute Gasteiger partial charge is 0.465 e. The lowest BCUT2D eigenvalue weighted by atomic mass is 10.1. The van der Waals surface area contributed by atoms with E-state index in [0.29, 0.717) is 5.69 Å². The normalized spacial score (nSPS) is 13.7. The maximum atomic E-state index is 12.2. The van der Waals surface area contributed by atoms with Crippen molar-refractivity contribution in [3.8, 4) is 0 Å². The highest BCUT2D eigenvalue weighted by atomic mass is 35.5. The molecule has 0 aliphatic carbocycles. The van der Waals surface area contributed by atoms with E-state index in [1.165, 1.54) is 0 Å². The summed E-state index contributed by atoms with van der Waals surface area (Å²) in [5, 5.41) is -0.101. The molecule has 0 saturated carbocycles. The topological polar surface area (TPSA) is 103 Å².